The summed E-state index contributed by atoms with van der Waals surface area (Å²) in [5.74, 6) is 0.455. The largest absolute Gasteiger partial charge is 0.244 e. The molecule has 0 radical (unpaired) electrons. The summed E-state index contributed by atoms with van der Waals surface area (Å²) >= 11 is 5.91. The molecular weight excluding hydrogens is 158 g/mol. The van der Waals surface area contributed by atoms with Gasteiger partial charge in [-0.3, -0.25) is 0 Å². The lowest BCUT2D eigenvalue weighted by Crippen LogP contribution is -1.94. The van der Waals surface area contributed by atoms with Crippen molar-refractivity contribution in [1.29, 1.82) is 0 Å². The average molecular weight is 170 g/mol. The molecule has 1 heterocycles. The Bertz CT molecular complexity index is 235. The first kappa shape index (κ1) is 8.54. The summed E-state index contributed by atoms with van der Waals surface area (Å²) in [6.45, 7) is 6.30. The Morgan fingerprint density at radius 3 is 2.45 bits per heavy atom. The van der Waals surface area contributed by atoms with Crippen molar-refractivity contribution in [2.45, 2.75) is 26.7 Å². The summed E-state index contributed by atoms with van der Waals surface area (Å²) in [7, 11) is 0. The van der Waals surface area contributed by atoms with E-state index in [0.29, 0.717) is 11.1 Å². The Morgan fingerprint density at radius 2 is 2.09 bits per heavy atom. The van der Waals surface area contributed by atoms with Crippen LogP contribution in [-0.2, 0) is 0 Å². The monoisotopic (exact) mass is 169 g/mol. The maximum absolute atomic E-state index is 5.91. The minimum absolute atomic E-state index is 0.455. The number of rotatable bonds is 1. The van der Waals surface area contributed by atoms with Gasteiger partial charge in [0.1, 0.15) is 5.15 Å². The molecule has 0 amide bonds. The molecule has 0 aliphatic rings. The molecule has 0 saturated carbocycles. The van der Waals surface area contributed by atoms with E-state index in [1.54, 1.807) is 6.20 Å². The molecule has 0 unspecified atom stereocenters. The summed E-state index contributed by atoms with van der Waals surface area (Å²) in [5, 5.41) is 0.639. The van der Waals surface area contributed by atoms with Gasteiger partial charge in [-0.15, -0.1) is 0 Å². The lowest BCUT2D eigenvalue weighted by atomic mass is 10.0. The Balaban J connectivity index is 3.21. The van der Waals surface area contributed by atoms with Crippen LogP contribution < -0.4 is 0 Å². The molecule has 0 atom stereocenters. The second-order valence-corrected chi connectivity index (χ2v) is 3.35. The number of hydrogen-bond donors (Lipinski definition) is 0. The fraction of sp³-hybridized carbons (Fsp3) is 0.444. The van der Waals surface area contributed by atoms with E-state index in [0.717, 1.165) is 5.56 Å². The third kappa shape index (κ3) is 1.72. The highest BCUT2D eigenvalue weighted by Gasteiger charge is 2.07. The van der Waals surface area contributed by atoms with E-state index in [-0.39, 0.29) is 0 Å². The summed E-state index contributed by atoms with van der Waals surface area (Å²) in [5.41, 5.74) is 2.38. The van der Waals surface area contributed by atoms with Crippen molar-refractivity contribution in [3.05, 3.63) is 28.5 Å². The van der Waals surface area contributed by atoms with E-state index < -0.39 is 0 Å². The van der Waals surface area contributed by atoms with Crippen molar-refractivity contribution >= 4 is 11.6 Å². The van der Waals surface area contributed by atoms with Crippen LogP contribution in [0.2, 0.25) is 5.15 Å². The molecule has 1 aromatic rings. The van der Waals surface area contributed by atoms with Gasteiger partial charge in [-0.05, 0) is 30.0 Å². The highest BCUT2D eigenvalue weighted by atomic mass is 35.5. The van der Waals surface area contributed by atoms with Crippen LogP contribution in [0.1, 0.15) is 30.9 Å². The zero-order valence-corrected chi connectivity index (χ0v) is 7.81. The standard InChI is InChI=1S/C9H12ClN/c1-6(2)8-7(3)4-5-11-9(8)10/h4-6H,1-3H3. The zero-order valence-electron chi connectivity index (χ0n) is 7.06. The highest BCUT2D eigenvalue weighted by molar-refractivity contribution is 6.30. The van der Waals surface area contributed by atoms with Crippen molar-refractivity contribution in [3.63, 3.8) is 0 Å². The second kappa shape index (κ2) is 3.22. The quantitative estimate of drug-likeness (QED) is 0.589. The topological polar surface area (TPSA) is 12.9 Å². The fourth-order valence-electron chi connectivity index (χ4n) is 1.23. The minimum Gasteiger partial charge on any atom is -0.244 e. The van der Waals surface area contributed by atoms with Crippen LogP contribution >= 0.6 is 11.6 Å². The van der Waals surface area contributed by atoms with Gasteiger partial charge < -0.3 is 0 Å². The lowest BCUT2D eigenvalue weighted by Gasteiger charge is -2.09. The average Bonchev–Trinajstić information content (AvgIpc) is 1.85. The van der Waals surface area contributed by atoms with Gasteiger partial charge in [0.05, 0.1) is 0 Å². The van der Waals surface area contributed by atoms with Crippen molar-refractivity contribution in [2.75, 3.05) is 0 Å². The van der Waals surface area contributed by atoms with Gasteiger partial charge in [0.25, 0.3) is 0 Å². The van der Waals surface area contributed by atoms with Gasteiger partial charge in [-0.25, -0.2) is 4.98 Å². The predicted octanol–water partition coefficient (Wildman–Crippen LogP) is 3.17. The van der Waals surface area contributed by atoms with Gasteiger partial charge in [0, 0.05) is 6.20 Å². The predicted molar refractivity (Wildman–Crippen MR) is 48.1 cm³/mol. The van der Waals surface area contributed by atoms with E-state index in [1.807, 2.05) is 6.07 Å². The molecule has 0 bridgehead atoms. The molecule has 0 saturated heterocycles. The minimum atomic E-state index is 0.455. The Morgan fingerprint density at radius 1 is 1.45 bits per heavy atom. The first-order valence-electron chi connectivity index (χ1n) is 3.74. The Labute approximate surface area is 72.4 Å². The first-order chi connectivity index (χ1) is 5.13. The van der Waals surface area contributed by atoms with Crippen molar-refractivity contribution in [2.24, 2.45) is 0 Å². The zero-order chi connectivity index (χ0) is 8.43. The van der Waals surface area contributed by atoms with Crippen LogP contribution in [0.25, 0.3) is 0 Å². The number of nitrogens with zero attached hydrogens (tertiary/aromatic N) is 1. The molecule has 0 aliphatic heterocycles. The van der Waals surface area contributed by atoms with E-state index in [9.17, 15) is 0 Å². The molecule has 0 fully saturated rings. The van der Waals surface area contributed by atoms with Crippen LogP contribution in [0.4, 0.5) is 0 Å². The van der Waals surface area contributed by atoms with Crippen molar-refractivity contribution in [1.82, 2.24) is 4.98 Å². The molecular formula is C9H12ClN. The molecule has 0 aliphatic carbocycles. The second-order valence-electron chi connectivity index (χ2n) is 2.99. The lowest BCUT2D eigenvalue weighted by molar-refractivity contribution is 0.848. The molecule has 0 spiro atoms. The number of pyridine rings is 1. The molecule has 0 N–H and O–H groups in total. The summed E-state index contributed by atoms with van der Waals surface area (Å²) in [6.07, 6.45) is 1.74. The molecule has 11 heavy (non-hydrogen) atoms. The van der Waals surface area contributed by atoms with Gasteiger partial charge >= 0.3 is 0 Å². The Hall–Kier alpha value is -0.560. The first-order valence-corrected chi connectivity index (χ1v) is 4.11. The number of aryl methyl sites for hydroxylation is 1. The van der Waals surface area contributed by atoms with E-state index in [4.69, 9.17) is 11.6 Å². The molecule has 60 valence electrons. The molecule has 1 rings (SSSR count). The summed E-state index contributed by atoms with van der Waals surface area (Å²) in [6, 6.07) is 1.99. The number of hydrogen-bond acceptors (Lipinski definition) is 1. The van der Waals surface area contributed by atoms with Gasteiger partial charge in [-0.1, -0.05) is 25.4 Å². The maximum atomic E-state index is 5.91. The normalized spacial score (nSPS) is 10.6. The van der Waals surface area contributed by atoms with Gasteiger partial charge in [0.15, 0.2) is 0 Å². The summed E-state index contributed by atoms with van der Waals surface area (Å²) in [4.78, 5) is 4.03. The van der Waals surface area contributed by atoms with E-state index in [1.165, 1.54) is 5.56 Å². The Kier molecular flexibility index (Phi) is 2.50. The third-order valence-electron chi connectivity index (χ3n) is 1.74. The number of halogens is 1. The molecule has 1 nitrogen and oxygen atoms in total. The SMILES string of the molecule is Cc1ccnc(Cl)c1C(C)C. The molecule has 1 aromatic heterocycles. The highest BCUT2D eigenvalue weighted by Crippen LogP contribution is 2.24. The maximum Gasteiger partial charge on any atom is 0.132 e. The molecule has 0 aromatic carbocycles. The van der Waals surface area contributed by atoms with E-state index >= 15 is 0 Å². The van der Waals surface area contributed by atoms with Crippen LogP contribution in [-0.4, -0.2) is 4.98 Å². The van der Waals surface area contributed by atoms with Gasteiger partial charge in [-0.2, -0.15) is 0 Å². The third-order valence-corrected chi connectivity index (χ3v) is 2.04. The smallest absolute Gasteiger partial charge is 0.132 e. The van der Waals surface area contributed by atoms with Crippen LogP contribution in [0.5, 0.6) is 0 Å². The van der Waals surface area contributed by atoms with Crippen LogP contribution in [0.15, 0.2) is 12.3 Å². The fourth-order valence-corrected chi connectivity index (χ4v) is 1.65. The number of aromatic nitrogens is 1. The summed E-state index contributed by atoms with van der Waals surface area (Å²) < 4.78 is 0. The molecule has 2 heteroatoms. The van der Waals surface area contributed by atoms with Crippen LogP contribution in [0.3, 0.4) is 0 Å². The van der Waals surface area contributed by atoms with Crippen molar-refractivity contribution < 1.29 is 0 Å². The van der Waals surface area contributed by atoms with Crippen LogP contribution in [0, 0.1) is 6.92 Å². The van der Waals surface area contributed by atoms with Gasteiger partial charge in [0.2, 0.25) is 0 Å². The van der Waals surface area contributed by atoms with E-state index in [2.05, 4.69) is 25.8 Å². The van der Waals surface area contributed by atoms with Crippen molar-refractivity contribution in [3.8, 4) is 0 Å².